The number of carbonyl (C=O) groups excluding carboxylic acids is 2. The normalized spacial score (nSPS) is 11.2. The van der Waals surface area contributed by atoms with Crippen LogP contribution in [0.25, 0.3) is 0 Å². The summed E-state index contributed by atoms with van der Waals surface area (Å²) < 4.78 is 18.8. The fourth-order valence-corrected chi connectivity index (χ4v) is 3.27. The first-order valence-corrected chi connectivity index (χ1v) is 11.6. The summed E-state index contributed by atoms with van der Waals surface area (Å²) in [6.07, 6.45) is 3.00. The van der Waals surface area contributed by atoms with E-state index in [1.807, 2.05) is 25.9 Å². The molecule has 0 radical (unpaired) electrons. The number of rotatable bonds is 13. The number of aliphatic imine (C=N–C) groups is 1. The number of likely N-dealkylation sites (N-methyl/N-ethyl adjacent to an activating group) is 2. The van der Waals surface area contributed by atoms with Gasteiger partial charge in [0.25, 0.3) is 5.91 Å². The van der Waals surface area contributed by atoms with Gasteiger partial charge in [0.15, 0.2) is 0 Å². The van der Waals surface area contributed by atoms with Gasteiger partial charge < -0.3 is 25.2 Å². The van der Waals surface area contributed by atoms with Gasteiger partial charge in [-0.05, 0) is 39.2 Å². The summed E-state index contributed by atoms with van der Waals surface area (Å²) in [4.78, 5) is 37.5. The molecule has 0 fully saturated rings. The lowest BCUT2D eigenvalue weighted by Gasteiger charge is -2.23. The molecular formula is C24H32ClFN6O3. The Morgan fingerprint density at radius 1 is 1.26 bits per heavy atom. The molecule has 1 heterocycles. The molecule has 35 heavy (non-hydrogen) atoms. The van der Waals surface area contributed by atoms with Crippen molar-refractivity contribution in [3.63, 3.8) is 0 Å². The Morgan fingerprint density at radius 3 is 2.69 bits per heavy atom. The van der Waals surface area contributed by atoms with Crippen LogP contribution in [0.2, 0.25) is 5.02 Å². The Balaban J connectivity index is 2.07. The number of aromatic nitrogens is 1. The number of hydrogen-bond donors (Lipinski definition) is 2. The summed E-state index contributed by atoms with van der Waals surface area (Å²) in [5.41, 5.74) is 1.22. The van der Waals surface area contributed by atoms with E-state index in [4.69, 9.17) is 16.3 Å². The molecule has 0 bridgehead atoms. The van der Waals surface area contributed by atoms with Gasteiger partial charge in [-0.15, -0.1) is 0 Å². The minimum Gasteiger partial charge on any atom is -0.488 e. The first kappa shape index (κ1) is 28.2. The second-order valence-corrected chi connectivity index (χ2v) is 8.22. The van der Waals surface area contributed by atoms with E-state index in [1.54, 1.807) is 11.0 Å². The van der Waals surface area contributed by atoms with Crippen molar-refractivity contribution in [3.8, 4) is 5.75 Å². The molecule has 2 aromatic rings. The predicted molar refractivity (Wildman–Crippen MR) is 135 cm³/mol. The smallest absolute Gasteiger partial charge is 0.253 e. The lowest BCUT2D eigenvalue weighted by Crippen LogP contribution is -2.41. The Bertz CT molecular complexity index is 1030. The Hall–Kier alpha value is -3.08. The molecule has 9 nitrogen and oxygen atoms in total. The van der Waals surface area contributed by atoms with Crippen LogP contribution in [0, 0.1) is 5.82 Å². The van der Waals surface area contributed by atoms with Crippen LogP contribution in [0.4, 0.5) is 10.1 Å². The van der Waals surface area contributed by atoms with E-state index in [-0.39, 0.29) is 36.5 Å². The van der Waals surface area contributed by atoms with Crippen molar-refractivity contribution in [1.29, 1.82) is 0 Å². The van der Waals surface area contributed by atoms with Gasteiger partial charge >= 0.3 is 0 Å². The fraction of sp³-hybridized carbons (Fsp3) is 0.417. The number of nitrogens with zero attached hydrogens (tertiary/aromatic N) is 4. The van der Waals surface area contributed by atoms with Crippen LogP contribution in [0.5, 0.6) is 5.75 Å². The van der Waals surface area contributed by atoms with E-state index in [9.17, 15) is 14.0 Å². The van der Waals surface area contributed by atoms with Crippen molar-refractivity contribution in [2.75, 3.05) is 53.9 Å². The molecule has 0 saturated heterocycles. The summed E-state index contributed by atoms with van der Waals surface area (Å²) in [5, 5.41) is 5.65. The van der Waals surface area contributed by atoms with Crippen molar-refractivity contribution in [3.05, 3.63) is 52.6 Å². The third kappa shape index (κ3) is 8.89. The highest BCUT2D eigenvalue weighted by Crippen LogP contribution is 2.23. The van der Waals surface area contributed by atoms with E-state index in [0.29, 0.717) is 35.8 Å². The summed E-state index contributed by atoms with van der Waals surface area (Å²) in [5.74, 6) is -0.485. The van der Waals surface area contributed by atoms with Gasteiger partial charge in [0.05, 0.1) is 28.5 Å². The number of amides is 2. The van der Waals surface area contributed by atoms with E-state index < -0.39 is 5.82 Å². The van der Waals surface area contributed by atoms with Crippen molar-refractivity contribution in [2.24, 2.45) is 4.99 Å². The maximum atomic E-state index is 13.3. The third-order valence-electron chi connectivity index (χ3n) is 5.03. The number of pyridine rings is 1. The fourth-order valence-electron chi connectivity index (χ4n) is 3.10. The first-order chi connectivity index (χ1) is 16.8. The van der Waals surface area contributed by atoms with Crippen molar-refractivity contribution >= 4 is 35.3 Å². The van der Waals surface area contributed by atoms with E-state index in [2.05, 4.69) is 20.6 Å². The van der Waals surface area contributed by atoms with Crippen LogP contribution in [-0.4, -0.2) is 86.7 Å². The second-order valence-electron chi connectivity index (χ2n) is 7.81. The van der Waals surface area contributed by atoms with Gasteiger partial charge in [-0.3, -0.25) is 19.6 Å². The van der Waals surface area contributed by atoms with Crippen molar-refractivity contribution in [1.82, 2.24) is 25.4 Å². The number of ether oxygens (including phenoxy) is 1. The molecule has 0 aliphatic heterocycles. The zero-order valence-corrected chi connectivity index (χ0v) is 21.2. The van der Waals surface area contributed by atoms with Gasteiger partial charge in [-0.25, -0.2) is 4.39 Å². The molecule has 1 aromatic carbocycles. The lowest BCUT2D eigenvalue weighted by molar-refractivity contribution is -0.130. The Kier molecular flexibility index (Phi) is 11.5. The quantitative estimate of drug-likeness (QED) is 0.405. The molecule has 0 aliphatic rings. The Labute approximate surface area is 210 Å². The second kappa shape index (κ2) is 14.3. The minimum atomic E-state index is -0.534. The zero-order valence-electron chi connectivity index (χ0n) is 20.5. The third-order valence-corrected chi connectivity index (χ3v) is 5.32. The van der Waals surface area contributed by atoms with Crippen LogP contribution in [-0.2, 0) is 11.3 Å². The van der Waals surface area contributed by atoms with Crippen molar-refractivity contribution in [2.45, 2.75) is 13.5 Å². The van der Waals surface area contributed by atoms with Crippen LogP contribution in [0.3, 0.4) is 0 Å². The summed E-state index contributed by atoms with van der Waals surface area (Å²) in [7, 11) is 5.45. The van der Waals surface area contributed by atoms with E-state index in [0.717, 1.165) is 6.54 Å². The topological polar surface area (TPSA) is 99.2 Å². The summed E-state index contributed by atoms with van der Waals surface area (Å²) >= 11 is 5.77. The highest BCUT2D eigenvalue weighted by molar-refractivity contribution is 6.30. The highest BCUT2D eigenvalue weighted by atomic mass is 35.5. The largest absolute Gasteiger partial charge is 0.488 e. The SMILES string of the molecule is CCN(CCN(C)C)C(=O)CNCc1nccc(C(=O)NC)c1/N=C/COc1ccc(F)c(Cl)c1. The average Bonchev–Trinajstić information content (AvgIpc) is 2.84. The molecule has 0 aliphatic carbocycles. The van der Waals surface area contributed by atoms with Gasteiger partial charge in [0, 0.05) is 51.7 Å². The first-order valence-electron chi connectivity index (χ1n) is 11.2. The minimum absolute atomic E-state index is 0.0202. The molecule has 0 spiro atoms. The zero-order chi connectivity index (χ0) is 25.8. The summed E-state index contributed by atoms with van der Waals surface area (Å²) in [6, 6.07) is 5.61. The summed E-state index contributed by atoms with van der Waals surface area (Å²) in [6.45, 7) is 4.41. The maximum Gasteiger partial charge on any atom is 0.253 e. The monoisotopic (exact) mass is 506 g/mol. The number of benzene rings is 1. The van der Waals surface area contributed by atoms with E-state index >= 15 is 0 Å². The molecule has 1 aromatic heterocycles. The molecule has 2 N–H and O–H groups in total. The molecule has 11 heteroatoms. The average molecular weight is 507 g/mol. The molecule has 2 amide bonds. The molecular weight excluding hydrogens is 475 g/mol. The maximum absolute atomic E-state index is 13.3. The van der Waals surface area contributed by atoms with Crippen LogP contribution >= 0.6 is 11.6 Å². The number of nitrogens with one attached hydrogen (secondary N) is 2. The van der Waals surface area contributed by atoms with Crippen LogP contribution in [0.1, 0.15) is 23.0 Å². The van der Waals surface area contributed by atoms with Gasteiger partial charge in [0.2, 0.25) is 5.91 Å². The standard InChI is InChI=1S/C24H32ClFN6O3/c1-5-32(12-11-31(3)4)22(33)16-28-15-21-23(18(8-9-29-21)24(34)27-2)30-10-13-35-17-6-7-20(26)19(25)14-17/h6-10,14,28H,5,11-13,15-16H2,1-4H3,(H,27,34)/b30-10+. The number of halogens is 2. The Morgan fingerprint density at radius 2 is 2.03 bits per heavy atom. The van der Waals surface area contributed by atoms with Crippen LogP contribution in [0.15, 0.2) is 35.5 Å². The van der Waals surface area contributed by atoms with Gasteiger partial charge in [-0.1, -0.05) is 11.6 Å². The van der Waals surface area contributed by atoms with Gasteiger partial charge in [0.1, 0.15) is 18.2 Å². The number of hydrogen-bond acceptors (Lipinski definition) is 7. The number of carbonyl (C=O) groups is 2. The molecule has 190 valence electrons. The predicted octanol–water partition coefficient (Wildman–Crippen LogP) is 2.51. The van der Waals surface area contributed by atoms with E-state index in [1.165, 1.54) is 37.7 Å². The molecule has 0 unspecified atom stereocenters. The van der Waals surface area contributed by atoms with Gasteiger partial charge in [-0.2, -0.15) is 0 Å². The van der Waals surface area contributed by atoms with Crippen molar-refractivity contribution < 1.29 is 18.7 Å². The highest BCUT2D eigenvalue weighted by Gasteiger charge is 2.16. The lowest BCUT2D eigenvalue weighted by atomic mass is 10.1. The molecule has 2 rings (SSSR count). The van der Waals surface area contributed by atoms with Crippen LogP contribution < -0.4 is 15.4 Å². The molecule has 0 saturated carbocycles. The molecule has 0 atom stereocenters.